The van der Waals surface area contributed by atoms with E-state index in [0.29, 0.717) is 6.54 Å². The van der Waals surface area contributed by atoms with Crippen molar-refractivity contribution in [2.45, 2.75) is 38.9 Å². The minimum Gasteiger partial charge on any atom is -0.337 e. The Kier molecular flexibility index (Phi) is 4.17. The molecule has 0 bridgehead atoms. The fourth-order valence-corrected chi connectivity index (χ4v) is 3.58. The van der Waals surface area contributed by atoms with Gasteiger partial charge in [0, 0.05) is 37.6 Å². The first-order valence-electron chi connectivity index (χ1n) is 8.64. The van der Waals surface area contributed by atoms with Gasteiger partial charge in [0.15, 0.2) is 0 Å². The fraction of sp³-hybridized carbons (Fsp3) is 0.368. The Labute approximate surface area is 140 Å². The Hall–Kier alpha value is -2.40. The zero-order valence-electron chi connectivity index (χ0n) is 13.7. The normalized spacial score (nSPS) is 13.5. The van der Waals surface area contributed by atoms with Gasteiger partial charge in [-0.1, -0.05) is 18.2 Å². The maximum Gasteiger partial charge on any atom is 0.255 e. The molecule has 124 valence electrons. The lowest BCUT2D eigenvalue weighted by Gasteiger charge is -2.20. The van der Waals surface area contributed by atoms with Crippen molar-refractivity contribution in [1.82, 2.24) is 19.4 Å². The van der Waals surface area contributed by atoms with Crippen LogP contribution in [0.25, 0.3) is 10.9 Å². The van der Waals surface area contributed by atoms with E-state index in [-0.39, 0.29) is 5.56 Å². The van der Waals surface area contributed by atoms with Gasteiger partial charge in [-0.15, -0.1) is 0 Å². The monoisotopic (exact) mass is 322 g/mol. The van der Waals surface area contributed by atoms with E-state index >= 15 is 0 Å². The summed E-state index contributed by atoms with van der Waals surface area (Å²) in [6.45, 7) is 3.29. The molecule has 5 heteroatoms. The number of hydrogen-bond donors (Lipinski definition) is 1. The van der Waals surface area contributed by atoms with Crippen LogP contribution in [-0.4, -0.2) is 20.7 Å². The molecule has 1 aliphatic heterocycles. The Bertz CT molecular complexity index is 896. The molecule has 0 fully saturated rings. The molecule has 1 aliphatic rings. The van der Waals surface area contributed by atoms with E-state index in [1.807, 2.05) is 17.1 Å². The first-order valence-corrected chi connectivity index (χ1v) is 8.64. The van der Waals surface area contributed by atoms with Crippen molar-refractivity contribution in [3.8, 4) is 0 Å². The first kappa shape index (κ1) is 15.1. The van der Waals surface area contributed by atoms with Gasteiger partial charge in [0.25, 0.3) is 5.56 Å². The van der Waals surface area contributed by atoms with Gasteiger partial charge in [-0.25, -0.2) is 4.98 Å². The van der Waals surface area contributed by atoms with Crippen LogP contribution in [0.1, 0.15) is 24.0 Å². The van der Waals surface area contributed by atoms with Gasteiger partial charge < -0.3 is 14.5 Å². The lowest BCUT2D eigenvalue weighted by Crippen LogP contribution is -2.30. The van der Waals surface area contributed by atoms with Crippen LogP contribution in [0.5, 0.6) is 0 Å². The van der Waals surface area contributed by atoms with Gasteiger partial charge in [-0.3, -0.25) is 4.79 Å². The highest BCUT2D eigenvalue weighted by Crippen LogP contribution is 2.23. The summed E-state index contributed by atoms with van der Waals surface area (Å²) in [5.41, 5.74) is 3.47. The largest absolute Gasteiger partial charge is 0.337 e. The van der Waals surface area contributed by atoms with Crippen molar-refractivity contribution < 1.29 is 0 Å². The Morgan fingerprint density at radius 1 is 1.29 bits per heavy atom. The Morgan fingerprint density at radius 3 is 3.12 bits per heavy atom. The second-order valence-electron chi connectivity index (χ2n) is 6.42. The number of hydrogen-bond acceptors (Lipinski definition) is 3. The van der Waals surface area contributed by atoms with E-state index in [0.717, 1.165) is 50.0 Å². The van der Waals surface area contributed by atoms with Crippen LogP contribution < -0.4 is 10.9 Å². The van der Waals surface area contributed by atoms with Crippen molar-refractivity contribution in [2.75, 3.05) is 6.54 Å². The highest BCUT2D eigenvalue weighted by molar-refractivity contribution is 5.83. The second kappa shape index (κ2) is 6.61. The third-order valence-corrected chi connectivity index (χ3v) is 4.74. The molecule has 24 heavy (non-hydrogen) atoms. The van der Waals surface area contributed by atoms with Crippen molar-refractivity contribution in [2.24, 2.45) is 0 Å². The van der Waals surface area contributed by atoms with Crippen LogP contribution >= 0.6 is 0 Å². The van der Waals surface area contributed by atoms with E-state index in [1.165, 1.54) is 10.9 Å². The molecule has 5 nitrogen and oxygen atoms in total. The number of nitrogens with one attached hydrogen (secondary N) is 1. The molecular weight excluding hydrogens is 300 g/mol. The van der Waals surface area contributed by atoms with Crippen molar-refractivity contribution in [3.05, 3.63) is 64.5 Å². The molecule has 0 saturated heterocycles. The van der Waals surface area contributed by atoms with Crippen LogP contribution in [0, 0.1) is 0 Å². The highest BCUT2D eigenvalue weighted by atomic mass is 16.1. The Balaban J connectivity index is 1.47. The number of pyridine rings is 1. The zero-order valence-corrected chi connectivity index (χ0v) is 13.7. The second-order valence-corrected chi connectivity index (χ2v) is 6.42. The number of benzene rings is 1. The summed E-state index contributed by atoms with van der Waals surface area (Å²) in [6, 6.07) is 8.42. The minimum absolute atomic E-state index is 0.164. The van der Waals surface area contributed by atoms with Crippen LogP contribution in [0.15, 0.2) is 47.8 Å². The average Bonchev–Trinajstić information content (AvgIpc) is 3.12. The smallest absolute Gasteiger partial charge is 0.255 e. The van der Waals surface area contributed by atoms with Gasteiger partial charge >= 0.3 is 0 Å². The van der Waals surface area contributed by atoms with Gasteiger partial charge in [0.2, 0.25) is 0 Å². The van der Waals surface area contributed by atoms with Crippen LogP contribution in [-0.2, 0) is 26.1 Å². The summed E-state index contributed by atoms with van der Waals surface area (Å²) >= 11 is 0. The number of aryl methyl sites for hydroxylation is 3. The standard InChI is InChI=1S/C19H22N4O/c24-19-17(13-20-7-3-9-22-11-8-21-14-22)12-16-5-1-4-15-6-2-10-23(19)18(15)16/h1,4-5,8,11-12,14,20H,2-3,6-7,9-10,13H2. The molecule has 0 saturated carbocycles. The van der Waals surface area contributed by atoms with Crippen molar-refractivity contribution in [3.63, 3.8) is 0 Å². The molecule has 1 aromatic carbocycles. The molecule has 0 atom stereocenters. The van der Waals surface area contributed by atoms with E-state index < -0.39 is 0 Å². The number of nitrogens with zero attached hydrogens (tertiary/aromatic N) is 3. The molecule has 0 radical (unpaired) electrons. The maximum atomic E-state index is 12.8. The third-order valence-electron chi connectivity index (χ3n) is 4.74. The molecule has 0 spiro atoms. The van der Waals surface area contributed by atoms with E-state index in [9.17, 15) is 4.79 Å². The molecule has 1 N–H and O–H groups in total. The van der Waals surface area contributed by atoms with E-state index in [1.54, 1.807) is 6.20 Å². The molecule has 3 heterocycles. The topological polar surface area (TPSA) is 51.9 Å². The quantitative estimate of drug-likeness (QED) is 0.709. The molecule has 4 rings (SSSR count). The molecule has 0 aliphatic carbocycles. The van der Waals surface area contributed by atoms with Crippen molar-refractivity contribution >= 4 is 10.9 Å². The molecule has 0 amide bonds. The number of rotatable bonds is 6. The zero-order chi connectivity index (χ0) is 16.4. The summed E-state index contributed by atoms with van der Waals surface area (Å²) in [7, 11) is 0. The Morgan fingerprint density at radius 2 is 2.25 bits per heavy atom. The number of aromatic nitrogens is 3. The molecule has 0 unspecified atom stereocenters. The van der Waals surface area contributed by atoms with Gasteiger partial charge in [-0.2, -0.15) is 0 Å². The predicted molar refractivity (Wildman–Crippen MR) is 95.1 cm³/mol. The number of imidazole rings is 1. The van der Waals surface area contributed by atoms with Crippen LogP contribution in [0.3, 0.4) is 0 Å². The van der Waals surface area contributed by atoms with Crippen LogP contribution in [0.4, 0.5) is 0 Å². The molecule has 3 aromatic rings. The van der Waals surface area contributed by atoms with E-state index in [4.69, 9.17) is 0 Å². The average molecular weight is 322 g/mol. The van der Waals surface area contributed by atoms with Gasteiger partial charge in [-0.05, 0) is 42.8 Å². The fourth-order valence-electron chi connectivity index (χ4n) is 3.58. The minimum atomic E-state index is 0.164. The lowest BCUT2D eigenvalue weighted by molar-refractivity contribution is 0.571. The molecule has 2 aromatic heterocycles. The first-order chi connectivity index (χ1) is 11.8. The van der Waals surface area contributed by atoms with Crippen molar-refractivity contribution in [1.29, 1.82) is 0 Å². The number of para-hydroxylation sites is 1. The predicted octanol–water partition coefficient (Wildman–Crippen LogP) is 2.32. The summed E-state index contributed by atoms with van der Waals surface area (Å²) in [5, 5.41) is 4.59. The summed E-state index contributed by atoms with van der Waals surface area (Å²) in [5.74, 6) is 0. The van der Waals surface area contributed by atoms with Gasteiger partial charge in [0.05, 0.1) is 11.8 Å². The maximum absolute atomic E-state index is 12.8. The van der Waals surface area contributed by atoms with Gasteiger partial charge in [0.1, 0.15) is 0 Å². The van der Waals surface area contributed by atoms with E-state index in [2.05, 4.69) is 39.1 Å². The summed E-state index contributed by atoms with van der Waals surface area (Å²) in [4.78, 5) is 16.8. The highest BCUT2D eigenvalue weighted by Gasteiger charge is 2.15. The van der Waals surface area contributed by atoms with Crippen LogP contribution in [0.2, 0.25) is 0 Å². The summed E-state index contributed by atoms with van der Waals surface area (Å²) < 4.78 is 4.04. The summed E-state index contributed by atoms with van der Waals surface area (Å²) in [6.07, 6.45) is 8.73. The lowest BCUT2D eigenvalue weighted by atomic mass is 10.00. The third kappa shape index (κ3) is 2.87. The SMILES string of the molecule is O=c1c(CNCCCn2ccnc2)cc2cccc3c2n1CCC3. The molecular formula is C19H22N4O.